The van der Waals surface area contributed by atoms with E-state index in [1.807, 2.05) is 51.1 Å². The molecule has 0 aliphatic carbocycles. The molecule has 4 bridgehead atoms. The average Bonchev–Trinajstić information content (AvgIpc) is 3.34. The molecule has 2 amide bonds. The van der Waals surface area contributed by atoms with Gasteiger partial charge in [-0.1, -0.05) is 88.6 Å². The number of benzene rings is 2. The molecule has 2 aromatic rings. The third kappa shape index (κ3) is 6.49. The molecule has 8 heteroatoms. The average molecular weight is 551 g/mol. The minimum Gasteiger partial charge on any atom is -0.480 e. The summed E-state index contributed by atoms with van der Waals surface area (Å²) in [6.07, 6.45) is 5.32. The van der Waals surface area contributed by atoms with Crippen molar-refractivity contribution in [1.29, 1.82) is 0 Å². The molecule has 1 saturated heterocycles. The molecule has 40 heavy (non-hydrogen) atoms. The van der Waals surface area contributed by atoms with Gasteiger partial charge in [0.05, 0.1) is 13.2 Å². The summed E-state index contributed by atoms with van der Waals surface area (Å²) in [6, 6.07) is 14.4. The Morgan fingerprint density at radius 1 is 1.02 bits per heavy atom. The third-order valence-electron chi connectivity index (χ3n) is 8.22. The summed E-state index contributed by atoms with van der Waals surface area (Å²) < 4.78 is 11.4. The first-order valence-corrected chi connectivity index (χ1v) is 14.3. The Hall–Kier alpha value is -3.39. The first kappa shape index (κ1) is 29.6. The van der Waals surface area contributed by atoms with Crippen molar-refractivity contribution in [3.05, 3.63) is 59.7 Å². The maximum absolute atomic E-state index is 13.9. The smallest absolute Gasteiger partial charge is 0.407 e. The first-order chi connectivity index (χ1) is 19.1. The molecular weight excluding hydrogens is 508 g/mol. The van der Waals surface area contributed by atoms with Crippen molar-refractivity contribution in [3.8, 4) is 11.1 Å². The number of aliphatic carboxylic acids is 1. The second-order valence-electron chi connectivity index (χ2n) is 12.1. The first-order valence-electron chi connectivity index (χ1n) is 14.3. The number of fused-ring (bicyclic) bond motifs is 13. The molecule has 8 nitrogen and oxygen atoms in total. The Kier molecular flexibility index (Phi) is 9.19. The number of hydrogen-bond acceptors (Lipinski definition) is 5. The predicted octanol–water partition coefficient (Wildman–Crippen LogP) is 5.53. The fourth-order valence-electron chi connectivity index (χ4n) is 5.86. The molecule has 3 aliphatic heterocycles. The lowest BCUT2D eigenvalue weighted by molar-refractivity contribution is -0.150. The number of carboxylic acid groups (broad SMARTS) is 1. The summed E-state index contributed by atoms with van der Waals surface area (Å²) in [4.78, 5) is 40.3. The van der Waals surface area contributed by atoms with Crippen LogP contribution in [0.1, 0.15) is 70.4 Å². The van der Waals surface area contributed by atoms with Crippen molar-refractivity contribution < 1.29 is 29.0 Å². The van der Waals surface area contributed by atoms with E-state index in [-0.39, 0.29) is 19.6 Å². The highest BCUT2D eigenvalue weighted by Crippen LogP contribution is 2.41. The number of amides is 2. The van der Waals surface area contributed by atoms with Gasteiger partial charge in [-0.25, -0.2) is 9.59 Å². The number of alkyl carbamates (subject to hydrolysis) is 1. The summed E-state index contributed by atoms with van der Waals surface area (Å²) in [6.45, 7) is 5.83. The molecule has 1 fully saturated rings. The van der Waals surface area contributed by atoms with Crippen LogP contribution in [0.2, 0.25) is 0 Å². The Bertz CT molecular complexity index is 1200. The van der Waals surface area contributed by atoms with E-state index in [0.29, 0.717) is 0 Å². The number of nitrogens with zero attached hydrogens (tertiary/aromatic N) is 1. The monoisotopic (exact) mass is 550 g/mol. The van der Waals surface area contributed by atoms with Crippen LogP contribution >= 0.6 is 0 Å². The van der Waals surface area contributed by atoms with Crippen LogP contribution in [0, 0.1) is 5.41 Å². The fourth-order valence-corrected chi connectivity index (χ4v) is 5.86. The van der Waals surface area contributed by atoms with Crippen molar-refractivity contribution in [3.63, 3.8) is 0 Å². The lowest BCUT2D eigenvalue weighted by Crippen LogP contribution is -2.57. The summed E-state index contributed by atoms with van der Waals surface area (Å²) in [5.41, 5.74) is 2.69. The number of carboxylic acids is 1. The quantitative estimate of drug-likeness (QED) is 0.510. The van der Waals surface area contributed by atoms with Gasteiger partial charge in [0.1, 0.15) is 17.7 Å². The summed E-state index contributed by atoms with van der Waals surface area (Å²) in [5.74, 6) is -1.57. The number of aryl methyl sites for hydroxylation is 1. The molecule has 3 atom stereocenters. The zero-order chi connectivity index (χ0) is 28.9. The van der Waals surface area contributed by atoms with Gasteiger partial charge in [0.2, 0.25) is 5.91 Å². The zero-order valence-corrected chi connectivity index (χ0v) is 24.1. The van der Waals surface area contributed by atoms with Crippen molar-refractivity contribution in [1.82, 2.24) is 10.2 Å². The molecule has 0 aromatic heterocycles. The number of nitrogens with one attached hydrogen (secondary N) is 1. The molecular formula is C32H42N2O6. The van der Waals surface area contributed by atoms with Crippen LogP contribution in [0.5, 0.6) is 0 Å². The Morgan fingerprint density at radius 2 is 1.70 bits per heavy atom. The summed E-state index contributed by atoms with van der Waals surface area (Å²) in [5, 5.41) is 12.9. The predicted molar refractivity (Wildman–Crippen MR) is 153 cm³/mol. The van der Waals surface area contributed by atoms with Crippen molar-refractivity contribution >= 4 is 18.0 Å². The standard InChI is InChI=1S/C32H42N2O6/c1-31(2,3)27-28(35)34-21-32(39-4,20-26(34)29(36)37)24-17-15-23(16-18-24)25-14-10-9-13-22(25)12-8-6-5-7-11-19-40-30(38)33-27/h9-10,13-18,26-27H,5-8,11-12,19-21H2,1-4H3,(H,33,38)(H,36,37)/t26-,27+,32-/m0/s1. The van der Waals surface area contributed by atoms with Crippen LogP contribution in [0.3, 0.4) is 0 Å². The fraction of sp³-hybridized carbons (Fsp3) is 0.531. The van der Waals surface area contributed by atoms with E-state index in [9.17, 15) is 19.5 Å². The molecule has 2 N–H and O–H groups in total. The van der Waals surface area contributed by atoms with E-state index in [1.54, 1.807) is 7.11 Å². The molecule has 0 spiro atoms. The number of carbonyl (C=O) groups is 3. The normalized spacial score (nSPS) is 24.9. The summed E-state index contributed by atoms with van der Waals surface area (Å²) >= 11 is 0. The van der Waals surface area contributed by atoms with E-state index < -0.39 is 41.1 Å². The van der Waals surface area contributed by atoms with Gasteiger partial charge in [0.15, 0.2) is 0 Å². The molecule has 3 heterocycles. The molecule has 3 aliphatic rings. The molecule has 0 saturated carbocycles. The topological polar surface area (TPSA) is 105 Å². The highest BCUT2D eigenvalue weighted by atomic mass is 16.5. The van der Waals surface area contributed by atoms with Gasteiger partial charge in [0.25, 0.3) is 0 Å². The van der Waals surface area contributed by atoms with Gasteiger partial charge >= 0.3 is 12.1 Å². The highest BCUT2D eigenvalue weighted by Gasteiger charge is 2.52. The van der Waals surface area contributed by atoms with Crippen molar-refractivity contribution in [2.24, 2.45) is 5.41 Å². The van der Waals surface area contributed by atoms with Gasteiger partial charge < -0.3 is 24.8 Å². The molecule has 5 rings (SSSR count). The van der Waals surface area contributed by atoms with Crippen molar-refractivity contribution in [2.75, 3.05) is 20.3 Å². The molecule has 0 unspecified atom stereocenters. The van der Waals surface area contributed by atoms with Crippen molar-refractivity contribution in [2.45, 2.75) is 83.4 Å². The number of carbonyl (C=O) groups excluding carboxylic acids is 2. The van der Waals surface area contributed by atoms with Crippen LogP contribution in [-0.4, -0.2) is 60.3 Å². The van der Waals surface area contributed by atoms with Crippen LogP contribution in [0.15, 0.2) is 48.5 Å². The van der Waals surface area contributed by atoms with E-state index in [0.717, 1.165) is 49.7 Å². The van der Waals surface area contributed by atoms with Gasteiger partial charge in [-0.3, -0.25) is 4.79 Å². The van der Waals surface area contributed by atoms with E-state index in [1.165, 1.54) is 16.0 Å². The largest absolute Gasteiger partial charge is 0.480 e. The minimum atomic E-state index is -1.11. The Morgan fingerprint density at radius 3 is 2.38 bits per heavy atom. The SMILES string of the molecule is CO[C@@]12C[C@@H](C(=O)O)N(C1)C(=O)[C@H](C(C)(C)C)NC(=O)OCCCCCCCc1ccccc1-c1ccc2cc1. The zero-order valence-electron chi connectivity index (χ0n) is 24.1. The molecule has 0 radical (unpaired) electrons. The van der Waals surface area contributed by atoms with Gasteiger partial charge in [0, 0.05) is 13.5 Å². The lowest BCUT2D eigenvalue weighted by Gasteiger charge is -2.35. The second-order valence-corrected chi connectivity index (χ2v) is 12.1. The van der Waals surface area contributed by atoms with Crippen LogP contribution < -0.4 is 5.32 Å². The number of hydrogen-bond donors (Lipinski definition) is 2. The van der Waals surface area contributed by atoms with Gasteiger partial charge in [-0.15, -0.1) is 0 Å². The van der Waals surface area contributed by atoms with E-state index in [4.69, 9.17) is 9.47 Å². The Labute approximate surface area is 237 Å². The lowest BCUT2D eigenvalue weighted by atomic mass is 9.85. The van der Waals surface area contributed by atoms with Crippen LogP contribution in [0.25, 0.3) is 11.1 Å². The maximum atomic E-state index is 13.9. The highest BCUT2D eigenvalue weighted by molar-refractivity contribution is 5.90. The molecule has 2 aromatic carbocycles. The number of ether oxygens (including phenoxy) is 2. The Balaban J connectivity index is 1.72. The van der Waals surface area contributed by atoms with Gasteiger partial charge in [-0.05, 0) is 46.9 Å². The third-order valence-corrected chi connectivity index (χ3v) is 8.22. The maximum Gasteiger partial charge on any atom is 0.407 e. The number of rotatable bonds is 2. The van der Waals surface area contributed by atoms with Crippen LogP contribution in [-0.2, 0) is 31.1 Å². The van der Waals surface area contributed by atoms with Gasteiger partial charge in [-0.2, -0.15) is 0 Å². The summed E-state index contributed by atoms with van der Waals surface area (Å²) in [7, 11) is 1.55. The van der Waals surface area contributed by atoms with Crippen LogP contribution in [0.4, 0.5) is 4.79 Å². The second kappa shape index (κ2) is 12.4. The van der Waals surface area contributed by atoms with E-state index >= 15 is 0 Å². The van der Waals surface area contributed by atoms with E-state index in [2.05, 4.69) is 23.5 Å². The molecule has 216 valence electrons. The number of methoxy groups -OCH3 is 1. The minimum absolute atomic E-state index is 0.0541.